The number of rotatable bonds is 8. The molecular weight excluding hydrogens is 420 g/mol. The molecule has 1 atom stereocenters. The molecule has 6 nitrogen and oxygen atoms in total. The van der Waals surface area contributed by atoms with Crippen LogP contribution in [-0.4, -0.2) is 27.9 Å². The van der Waals surface area contributed by atoms with Crippen LogP contribution in [0.3, 0.4) is 0 Å². The number of ketones is 1. The van der Waals surface area contributed by atoms with Crippen LogP contribution in [0.2, 0.25) is 0 Å². The molecule has 2 aromatic carbocycles. The molecule has 0 aliphatic heterocycles. The molecule has 2 aromatic rings. The van der Waals surface area contributed by atoms with Crippen LogP contribution in [0.1, 0.15) is 59.3 Å². The summed E-state index contributed by atoms with van der Waals surface area (Å²) < 4.78 is 6.07. The molecule has 2 N–H and O–H groups in total. The summed E-state index contributed by atoms with van der Waals surface area (Å²) in [5, 5.41) is 19.9. The Bertz CT molecular complexity index is 1190. The van der Waals surface area contributed by atoms with Crippen LogP contribution >= 0.6 is 0 Å². The second kappa shape index (κ2) is 9.45. The van der Waals surface area contributed by atoms with Gasteiger partial charge in [-0.3, -0.25) is 9.59 Å². The maximum atomic E-state index is 12.5. The minimum absolute atomic E-state index is 0.0518. The topological polar surface area (TPSA) is 101 Å². The maximum Gasteiger partial charge on any atom is 0.331 e. The third kappa shape index (κ3) is 4.60. The van der Waals surface area contributed by atoms with Crippen molar-refractivity contribution in [2.24, 2.45) is 0 Å². The Morgan fingerprint density at radius 1 is 1.03 bits per heavy atom. The van der Waals surface area contributed by atoms with Crippen LogP contribution < -0.4 is 4.74 Å². The van der Waals surface area contributed by atoms with Gasteiger partial charge < -0.3 is 14.9 Å². The highest BCUT2D eigenvalue weighted by molar-refractivity contribution is 5.96. The van der Waals surface area contributed by atoms with E-state index in [1.165, 1.54) is 0 Å². The van der Waals surface area contributed by atoms with Gasteiger partial charge in [0.05, 0.1) is 0 Å². The van der Waals surface area contributed by atoms with Crippen LogP contribution in [0.5, 0.6) is 5.75 Å². The lowest BCUT2D eigenvalue weighted by atomic mass is 9.69. The molecule has 6 heteroatoms. The van der Waals surface area contributed by atoms with Gasteiger partial charge in [-0.15, -0.1) is 0 Å². The van der Waals surface area contributed by atoms with Crippen molar-refractivity contribution in [2.45, 2.75) is 52.6 Å². The van der Waals surface area contributed by atoms with Gasteiger partial charge in [-0.1, -0.05) is 37.3 Å². The number of ether oxygens (including phenoxy) is 1. The number of allylic oxidation sites excluding steroid dienone is 2. The number of carboxylic acid groups (broad SMARTS) is 2. The zero-order chi connectivity index (χ0) is 24.3. The first-order valence-corrected chi connectivity index (χ1v) is 10.8. The molecule has 0 spiro atoms. The Hall–Kier alpha value is -3.67. The van der Waals surface area contributed by atoms with Crippen LogP contribution in [0.4, 0.5) is 0 Å². The Kier molecular flexibility index (Phi) is 6.86. The van der Waals surface area contributed by atoms with Crippen LogP contribution in [0.15, 0.2) is 59.7 Å². The maximum absolute atomic E-state index is 12.5. The lowest BCUT2D eigenvalue weighted by molar-refractivity contribution is -0.142. The van der Waals surface area contributed by atoms with E-state index in [-0.39, 0.29) is 24.4 Å². The van der Waals surface area contributed by atoms with E-state index in [2.05, 4.69) is 0 Å². The highest BCUT2D eigenvalue weighted by Crippen LogP contribution is 2.41. The van der Waals surface area contributed by atoms with Crippen molar-refractivity contribution in [3.05, 3.63) is 87.5 Å². The standard InChI is InChI=1S/C27H28O6/c1-5-23(28)19-9-10-24(18(4)13-19)33-15-21-16(2)7-6-8-22(21)27(26(31)32)12-11-17(3)20(14-27)25(29)30/h6-13H,5,14-15H2,1-4H3,(H,29,30)(H,31,32). The molecule has 0 saturated carbocycles. The summed E-state index contributed by atoms with van der Waals surface area (Å²) in [7, 11) is 0. The summed E-state index contributed by atoms with van der Waals surface area (Å²) in [6.45, 7) is 7.32. The van der Waals surface area contributed by atoms with Crippen LogP contribution in [0, 0.1) is 13.8 Å². The largest absolute Gasteiger partial charge is 0.489 e. The van der Waals surface area contributed by atoms with E-state index in [9.17, 15) is 24.6 Å². The van der Waals surface area contributed by atoms with Gasteiger partial charge in [0.1, 0.15) is 17.8 Å². The van der Waals surface area contributed by atoms with Gasteiger partial charge in [-0.25, -0.2) is 4.79 Å². The molecule has 1 unspecified atom stereocenters. The number of aryl methyl sites for hydroxylation is 2. The highest BCUT2D eigenvalue weighted by atomic mass is 16.5. The summed E-state index contributed by atoms with van der Waals surface area (Å²) in [6, 6.07) is 10.6. The molecule has 0 fully saturated rings. The van der Waals surface area contributed by atoms with Gasteiger partial charge >= 0.3 is 11.9 Å². The van der Waals surface area contributed by atoms with Gasteiger partial charge in [-0.2, -0.15) is 0 Å². The fraction of sp³-hybridized carbons (Fsp3) is 0.296. The minimum Gasteiger partial charge on any atom is -0.489 e. The Morgan fingerprint density at radius 3 is 2.36 bits per heavy atom. The first kappa shape index (κ1) is 24.0. The van der Waals surface area contributed by atoms with E-state index in [4.69, 9.17) is 4.74 Å². The lowest BCUT2D eigenvalue weighted by Crippen LogP contribution is -2.38. The Balaban J connectivity index is 2.00. The third-order valence-electron chi connectivity index (χ3n) is 6.27. The minimum atomic E-state index is -1.51. The molecule has 33 heavy (non-hydrogen) atoms. The van der Waals surface area contributed by atoms with Crippen molar-refractivity contribution >= 4 is 17.7 Å². The average molecular weight is 449 g/mol. The first-order chi connectivity index (χ1) is 15.6. The van der Waals surface area contributed by atoms with E-state index in [1.54, 1.807) is 49.4 Å². The summed E-state index contributed by atoms with van der Waals surface area (Å²) in [5.74, 6) is -1.58. The number of carbonyl (C=O) groups is 3. The SMILES string of the molecule is CCC(=O)c1ccc(OCc2c(C)cccc2C2(C(=O)O)C=CC(C)=C(C(=O)O)C2)c(C)c1. The fourth-order valence-corrected chi connectivity index (χ4v) is 4.19. The van der Waals surface area contributed by atoms with Crippen molar-refractivity contribution in [2.75, 3.05) is 0 Å². The number of carbonyl (C=O) groups excluding carboxylic acids is 1. The van der Waals surface area contributed by atoms with Crippen molar-refractivity contribution < 1.29 is 29.3 Å². The van der Waals surface area contributed by atoms with E-state index in [0.717, 1.165) is 11.1 Å². The van der Waals surface area contributed by atoms with Crippen LogP contribution in [-0.2, 0) is 21.6 Å². The van der Waals surface area contributed by atoms with Gasteiger partial charge in [0.25, 0.3) is 0 Å². The Morgan fingerprint density at radius 2 is 1.76 bits per heavy atom. The highest BCUT2D eigenvalue weighted by Gasteiger charge is 2.43. The molecule has 0 amide bonds. The van der Waals surface area contributed by atoms with Crippen molar-refractivity contribution in [1.29, 1.82) is 0 Å². The van der Waals surface area contributed by atoms with Gasteiger partial charge in [0, 0.05) is 24.0 Å². The molecule has 1 aliphatic carbocycles. The van der Waals surface area contributed by atoms with E-state index >= 15 is 0 Å². The first-order valence-electron chi connectivity index (χ1n) is 10.8. The molecule has 0 aromatic heterocycles. The van der Waals surface area contributed by atoms with E-state index < -0.39 is 17.4 Å². The predicted octanol–water partition coefficient (Wildman–Crippen LogP) is 5.16. The molecule has 172 valence electrons. The van der Waals surface area contributed by atoms with Crippen molar-refractivity contribution in [1.82, 2.24) is 0 Å². The van der Waals surface area contributed by atoms with Crippen molar-refractivity contribution in [3.8, 4) is 5.75 Å². The summed E-state index contributed by atoms with van der Waals surface area (Å²) in [4.78, 5) is 36.3. The van der Waals surface area contributed by atoms with Crippen LogP contribution in [0.25, 0.3) is 0 Å². The lowest BCUT2D eigenvalue weighted by Gasteiger charge is -2.32. The number of hydrogen-bond acceptors (Lipinski definition) is 4. The van der Waals surface area contributed by atoms with Gasteiger partial charge in [0.2, 0.25) is 0 Å². The number of hydrogen-bond donors (Lipinski definition) is 2. The monoisotopic (exact) mass is 448 g/mol. The zero-order valence-electron chi connectivity index (χ0n) is 19.3. The molecule has 3 rings (SSSR count). The van der Waals surface area contributed by atoms with E-state index in [0.29, 0.717) is 34.4 Å². The fourth-order valence-electron chi connectivity index (χ4n) is 4.19. The smallest absolute Gasteiger partial charge is 0.331 e. The summed E-state index contributed by atoms with van der Waals surface area (Å²) >= 11 is 0. The summed E-state index contributed by atoms with van der Waals surface area (Å²) in [6.07, 6.45) is 3.42. The zero-order valence-corrected chi connectivity index (χ0v) is 19.3. The van der Waals surface area contributed by atoms with Gasteiger partial charge in [-0.05, 0) is 66.8 Å². The number of Topliss-reactive ketones (excluding diaryl/α,β-unsaturated/α-hetero) is 1. The molecular formula is C27H28O6. The molecule has 0 saturated heterocycles. The molecule has 0 heterocycles. The van der Waals surface area contributed by atoms with E-state index in [1.807, 2.05) is 26.8 Å². The third-order valence-corrected chi connectivity index (χ3v) is 6.27. The molecule has 1 aliphatic rings. The second-order valence-electron chi connectivity index (χ2n) is 8.40. The predicted molar refractivity (Wildman–Crippen MR) is 125 cm³/mol. The normalized spacial score (nSPS) is 17.7. The molecule has 0 radical (unpaired) electrons. The quantitative estimate of drug-likeness (QED) is 0.541. The summed E-state index contributed by atoms with van der Waals surface area (Å²) in [5.41, 5.74) is 2.60. The Labute approximate surface area is 193 Å². The number of benzene rings is 2. The van der Waals surface area contributed by atoms with Crippen molar-refractivity contribution in [3.63, 3.8) is 0 Å². The second-order valence-corrected chi connectivity index (χ2v) is 8.40. The average Bonchev–Trinajstić information content (AvgIpc) is 2.78. The molecule has 0 bridgehead atoms. The van der Waals surface area contributed by atoms with Gasteiger partial charge in [0.15, 0.2) is 5.78 Å². The number of carboxylic acids is 2. The number of aliphatic carboxylic acids is 2.